The molecule has 3 nitrogen and oxygen atoms in total. The van der Waals surface area contributed by atoms with Gasteiger partial charge in [0.25, 0.3) is 0 Å². The lowest BCUT2D eigenvalue weighted by Crippen LogP contribution is -2.37. The summed E-state index contributed by atoms with van der Waals surface area (Å²) >= 11 is 0. The molecule has 2 fully saturated rings. The molecule has 1 aliphatic heterocycles. The van der Waals surface area contributed by atoms with E-state index in [1.165, 1.54) is 49.9 Å². The smallest absolute Gasteiger partial charge is 0.0391 e. The van der Waals surface area contributed by atoms with Crippen LogP contribution >= 0.6 is 0 Å². The summed E-state index contributed by atoms with van der Waals surface area (Å²) in [6.45, 7) is 2.06. The Morgan fingerprint density at radius 2 is 1.81 bits per heavy atom. The Labute approximate surface area is 129 Å². The fraction of sp³-hybridized carbons (Fsp3) is 0.667. The highest BCUT2D eigenvalue weighted by Gasteiger charge is 2.38. The Morgan fingerprint density at radius 3 is 2.38 bits per heavy atom. The lowest BCUT2D eigenvalue weighted by atomic mass is 9.89. The maximum absolute atomic E-state index is 6.13. The summed E-state index contributed by atoms with van der Waals surface area (Å²) in [7, 11) is 4.19. The van der Waals surface area contributed by atoms with Crippen molar-refractivity contribution in [3.63, 3.8) is 0 Å². The molecule has 1 aromatic rings. The van der Waals surface area contributed by atoms with Crippen LogP contribution in [0.2, 0.25) is 0 Å². The summed E-state index contributed by atoms with van der Waals surface area (Å²) in [4.78, 5) is 4.92. The molecule has 1 heterocycles. The third-order valence-corrected chi connectivity index (χ3v) is 5.11. The summed E-state index contributed by atoms with van der Waals surface area (Å²) in [6.07, 6.45) is 6.70. The zero-order valence-corrected chi connectivity index (χ0v) is 13.5. The van der Waals surface area contributed by atoms with E-state index in [0.717, 1.165) is 12.6 Å². The summed E-state index contributed by atoms with van der Waals surface area (Å²) in [5, 5.41) is 0. The summed E-state index contributed by atoms with van der Waals surface area (Å²) in [6, 6.07) is 10.5. The molecular formula is C18H29N3. The average molecular weight is 287 g/mol. The number of likely N-dealkylation sites (tertiary alicyclic amines) is 1. The molecule has 1 saturated heterocycles. The van der Waals surface area contributed by atoms with Crippen molar-refractivity contribution < 1.29 is 0 Å². The maximum atomic E-state index is 6.13. The highest BCUT2D eigenvalue weighted by molar-refractivity contribution is 5.46. The molecule has 2 N–H and O–H groups in total. The molecule has 0 bridgehead atoms. The largest absolute Gasteiger partial charge is 0.378 e. The molecule has 1 aromatic carbocycles. The lowest BCUT2D eigenvalue weighted by Gasteiger charge is -2.35. The number of hydrogen-bond donors (Lipinski definition) is 1. The van der Waals surface area contributed by atoms with Gasteiger partial charge in [-0.2, -0.15) is 0 Å². The fourth-order valence-electron chi connectivity index (χ4n) is 3.76. The first kappa shape index (κ1) is 14.9. The summed E-state index contributed by atoms with van der Waals surface area (Å²) < 4.78 is 0. The van der Waals surface area contributed by atoms with Crippen molar-refractivity contribution in [1.82, 2.24) is 4.90 Å². The highest BCUT2D eigenvalue weighted by Crippen LogP contribution is 2.41. The second-order valence-electron chi connectivity index (χ2n) is 6.89. The van der Waals surface area contributed by atoms with Gasteiger partial charge in [0.15, 0.2) is 0 Å². The summed E-state index contributed by atoms with van der Waals surface area (Å²) in [5.74, 6) is 0.610. The third-order valence-electron chi connectivity index (χ3n) is 5.11. The molecule has 116 valence electrons. The van der Waals surface area contributed by atoms with Gasteiger partial charge in [-0.05, 0) is 62.4 Å². The Bertz CT molecular complexity index is 450. The average Bonchev–Trinajstić information content (AvgIpc) is 3.32. The minimum Gasteiger partial charge on any atom is -0.378 e. The van der Waals surface area contributed by atoms with Gasteiger partial charge in [0, 0.05) is 31.9 Å². The van der Waals surface area contributed by atoms with Crippen molar-refractivity contribution in [3.8, 4) is 0 Å². The quantitative estimate of drug-likeness (QED) is 0.924. The Morgan fingerprint density at radius 1 is 1.10 bits per heavy atom. The zero-order valence-electron chi connectivity index (χ0n) is 13.5. The molecule has 0 amide bonds. The van der Waals surface area contributed by atoms with Crippen LogP contribution < -0.4 is 10.6 Å². The second kappa shape index (κ2) is 6.37. The monoisotopic (exact) mass is 287 g/mol. The number of nitrogens with two attached hydrogens (primary N) is 1. The van der Waals surface area contributed by atoms with Gasteiger partial charge in [-0.1, -0.05) is 18.6 Å². The van der Waals surface area contributed by atoms with E-state index < -0.39 is 0 Å². The highest BCUT2D eigenvalue weighted by atomic mass is 15.2. The minimum atomic E-state index is 0.529. The van der Waals surface area contributed by atoms with Gasteiger partial charge in [0.05, 0.1) is 0 Å². The minimum absolute atomic E-state index is 0.529. The number of rotatable bonds is 4. The van der Waals surface area contributed by atoms with E-state index in [-0.39, 0.29) is 0 Å². The van der Waals surface area contributed by atoms with E-state index >= 15 is 0 Å². The topological polar surface area (TPSA) is 32.5 Å². The molecule has 3 rings (SSSR count). The van der Waals surface area contributed by atoms with Gasteiger partial charge in [-0.15, -0.1) is 0 Å². The Balaban J connectivity index is 1.88. The standard InChI is InChI=1S/C18H29N3/c1-20(2)16-8-6-14(7-9-16)18-15(13-19)5-3-4-12-21(18)17-10-11-17/h6-9,15,17-18H,3-5,10-13,19H2,1-2H3. The first-order valence-electron chi connectivity index (χ1n) is 8.44. The Kier molecular flexibility index (Phi) is 4.51. The van der Waals surface area contributed by atoms with Crippen molar-refractivity contribution in [1.29, 1.82) is 0 Å². The van der Waals surface area contributed by atoms with Crippen LogP contribution in [0.25, 0.3) is 0 Å². The fourth-order valence-corrected chi connectivity index (χ4v) is 3.76. The van der Waals surface area contributed by atoms with Gasteiger partial charge >= 0.3 is 0 Å². The van der Waals surface area contributed by atoms with Crippen LogP contribution in [0, 0.1) is 5.92 Å². The molecule has 1 saturated carbocycles. The molecule has 2 unspecified atom stereocenters. The lowest BCUT2D eigenvalue weighted by molar-refractivity contribution is 0.149. The van der Waals surface area contributed by atoms with Crippen LogP contribution in [-0.2, 0) is 0 Å². The maximum Gasteiger partial charge on any atom is 0.0391 e. The van der Waals surface area contributed by atoms with E-state index in [2.05, 4.69) is 48.2 Å². The second-order valence-corrected chi connectivity index (χ2v) is 6.89. The van der Waals surface area contributed by atoms with E-state index in [1.807, 2.05) is 0 Å². The SMILES string of the molecule is CN(C)c1ccc(C2C(CN)CCCCN2C2CC2)cc1. The molecule has 1 aliphatic carbocycles. The van der Waals surface area contributed by atoms with Crippen molar-refractivity contribution in [2.45, 2.75) is 44.2 Å². The van der Waals surface area contributed by atoms with Crippen LogP contribution in [0.4, 0.5) is 5.69 Å². The number of nitrogens with zero attached hydrogens (tertiary/aromatic N) is 2. The predicted molar refractivity (Wildman–Crippen MR) is 89.6 cm³/mol. The molecule has 0 aromatic heterocycles. The third kappa shape index (κ3) is 3.24. The van der Waals surface area contributed by atoms with Gasteiger partial charge in [-0.25, -0.2) is 0 Å². The summed E-state index contributed by atoms with van der Waals surface area (Å²) in [5.41, 5.74) is 8.86. The van der Waals surface area contributed by atoms with Crippen molar-refractivity contribution >= 4 is 5.69 Å². The van der Waals surface area contributed by atoms with Crippen LogP contribution in [-0.4, -0.2) is 38.1 Å². The predicted octanol–water partition coefficient (Wildman–Crippen LogP) is 3.02. The molecule has 21 heavy (non-hydrogen) atoms. The first-order chi connectivity index (χ1) is 10.2. The van der Waals surface area contributed by atoms with Crippen molar-refractivity contribution in [2.24, 2.45) is 11.7 Å². The number of anilines is 1. The van der Waals surface area contributed by atoms with Gasteiger partial charge in [0.2, 0.25) is 0 Å². The van der Waals surface area contributed by atoms with Gasteiger partial charge in [-0.3, -0.25) is 4.90 Å². The normalized spacial score (nSPS) is 27.4. The van der Waals surface area contributed by atoms with Gasteiger partial charge < -0.3 is 10.6 Å². The number of hydrogen-bond acceptors (Lipinski definition) is 3. The van der Waals surface area contributed by atoms with Crippen molar-refractivity contribution in [2.75, 3.05) is 32.1 Å². The Hall–Kier alpha value is -1.06. The molecule has 2 aliphatic rings. The van der Waals surface area contributed by atoms with E-state index in [0.29, 0.717) is 12.0 Å². The molecule has 0 radical (unpaired) electrons. The van der Waals surface area contributed by atoms with Gasteiger partial charge in [0.1, 0.15) is 0 Å². The number of benzene rings is 1. The van der Waals surface area contributed by atoms with E-state index in [1.54, 1.807) is 0 Å². The zero-order chi connectivity index (χ0) is 14.8. The molecule has 2 atom stereocenters. The molecule has 3 heteroatoms. The van der Waals surface area contributed by atoms with Crippen LogP contribution in [0.15, 0.2) is 24.3 Å². The van der Waals surface area contributed by atoms with Crippen molar-refractivity contribution in [3.05, 3.63) is 29.8 Å². The molecule has 0 spiro atoms. The van der Waals surface area contributed by atoms with E-state index in [9.17, 15) is 0 Å². The first-order valence-corrected chi connectivity index (χ1v) is 8.44. The molecular weight excluding hydrogens is 258 g/mol. The van der Waals surface area contributed by atoms with Crippen LogP contribution in [0.3, 0.4) is 0 Å². The van der Waals surface area contributed by atoms with Crippen LogP contribution in [0.5, 0.6) is 0 Å². The van der Waals surface area contributed by atoms with Crippen LogP contribution in [0.1, 0.15) is 43.7 Å². The van der Waals surface area contributed by atoms with E-state index in [4.69, 9.17) is 5.73 Å².